The third kappa shape index (κ3) is 2.73. The Balaban J connectivity index is 1.52. The van der Waals surface area contributed by atoms with Crippen molar-refractivity contribution < 1.29 is 4.52 Å². The summed E-state index contributed by atoms with van der Waals surface area (Å²) < 4.78 is 7.14. The van der Waals surface area contributed by atoms with Gasteiger partial charge in [0.2, 0.25) is 0 Å². The Labute approximate surface area is 141 Å². The average Bonchev–Trinajstić information content (AvgIpc) is 3.31. The van der Waals surface area contributed by atoms with Crippen LogP contribution in [0.3, 0.4) is 0 Å². The molecule has 0 radical (unpaired) electrons. The Hall–Kier alpha value is -2.47. The lowest BCUT2D eigenvalue weighted by Gasteiger charge is -2.24. The highest BCUT2D eigenvalue weighted by atomic mass is 16.5. The Morgan fingerprint density at radius 1 is 1.21 bits per heavy atom. The molecule has 1 aromatic carbocycles. The fraction of sp³-hybridized carbons (Fsp3) is 0.389. The zero-order valence-corrected chi connectivity index (χ0v) is 14.0. The highest BCUT2D eigenvalue weighted by Crippen LogP contribution is 2.36. The Kier molecular flexibility index (Phi) is 3.90. The van der Waals surface area contributed by atoms with Gasteiger partial charge in [-0.25, -0.2) is 9.67 Å². The zero-order valence-electron chi connectivity index (χ0n) is 14.0. The lowest BCUT2D eigenvalue weighted by Crippen LogP contribution is -2.23. The minimum atomic E-state index is 0.409. The van der Waals surface area contributed by atoms with E-state index in [-0.39, 0.29) is 0 Å². The molecule has 1 aliphatic rings. The first-order chi connectivity index (χ1) is 11.7. The predicted molar refractivity (Wildman–Crippen MR) is 89.7 cm³/mol. The predicted octanol–water partition coefficient (Wildman–Crippen LogP) is 3.21. The largest absolute Gasteiger partial charge is 0.361 e. The maximum atomic E-state index is 5.37. The van der Waals surface area contributed by atoms with E-state index < -0.39 is 0 Å². The number of likely N-dealkylation sites (tertiary alicyclic amines) is 1. The maximum Gasteiger partial charge on any atom is 0.138 e. The topological polar surface area (TPSA) is 60.0 Å². The van der Waals surface area contributed by atoms with Gasteiger partial charge in [-0.2, -0.15) is 5.10 Å². The second-order valence-electron chi connectivity index (χ2n) is 6.37. The number of rotatable bonds is 4. The van der Waals surface area contributed by atoms with Crippen molar-refractivity contribution in [3.63, 3.8) is 0 Å². The molecule has 3 aromatic rings. The van der Waals surface area contributed by atoms with Crippen LogP contribution in [-0.4, -0.2) is 31.4 Å². The quantitative estimate of drug-likeness (QED) is 0.738. The molecular weight excluding hydrogens is 302 g/mol. The van der Waals surface area contributed by atoms with Gasteiger partial charge in [0.15, 0.2) is 0 Å². The summed E-state index contributed by atoms with van der Waals surface area (Å²) in [5.74, 6) is 0.950. The molecule has 0 amide bonds. The van der Waals surface area contributed by atoms with E-state index in [1.165, 1.54) is 24.0 Å². The third-order valence-electron chi connectivity index (χ3n) is 4.79. The second-order valence-corrected chi connectivity index (χ2v) is 6.37. The first-order valence-corrected chi connectivity index (χ1v) is 8.33. The van der Waals surface area contributed by atoms with Gasteiger partial charge in [0, 0.05) is 18.2 Å². The molecule has 124 valence electrons. The first-order valence-electron chi connectivity index (χ1n) is 8.33. The Bertz CT molecular complexity index is 787. The van der Waals surface area contributed by atoms with Gasteiger partial charge < -0.3 is 4.52 Å². The molecule has 1 fully saturated rings. The van der Waals surface area contributed by atoms with Crippen LogP contribution in [0, 0.1) is 13.8 Å². The first kappa shape index (κ1) is 15.1. The molecule has 0 bridgehead atoms. The van der Waals surface area contributed by atoms with Crippen molar-refractivity contribution in [1.82, 2.24) is 24.8 Å². The van der Waals surface area contributed by atoms with Crippen molar-refractivity contribution in [2.45, 2.75) is 39.3 Å². The van der Waals surface area contributed by atoms with E-state index in [4.69, 9.17) is 4.52 Å². The molecule has 0 saturated carbocycles. The number of nitrogens with zero attached hydrogens (tertiary/aromatic N) is 5. The van der Waals surface area contributed by atoms with Gasteiger partial charge in [-0.15, -0.1) is 0 Å². The van der Waals surface area contributed by atoms with E-state index in [1.54, 1.807) is 17.3 Å². The third-order valence-corrected chi connectivity index (χ3v) is 4.79. The van der Waals surface area contributed by atoms with E-state index in [9.17, 15) is 0 Å². The smallest absolute Gasteiger partial charge is 0.138 e. The van der Waals surface area contributed by atoms with Crippen molar-refractivity contribution in [1.29, 1.82) is 0 Å². The summed E-state index contributed by atoms with van der Waals surface area (Å²) in [6.07, 6.45) is 5.64. The van der Waals surface area contributed by atoms with Gasteiger partial charge in [-0.3, -0.25) is 4.90 Å². The maximum absolute atomic E-state index is 5.37. The van der Waals surface area contributed by atoms with Crippen LogP contribution >= 0.6 is 0 Å². The molecule has 3 heterocycles. The second kappa shape index (κ2) is 6.20. The normalized spacial score (nSPS) is 18.3. The number of hydrogen-bond acceptors (Lipinski definition) is 5. The van der Waals surface area contributed by atoms with Crippen LogP contribution in [0.4, 0.5) is 0 Å². The molecule has 0 aliphatic carbocycles. The highest BCUT2D eigenvalue weighted by Gasteiger charge is 2.30. The van der Waals surface area contributed by atoms with E-state index in [0.717, 1.165) is 30.2 Å². The van der Waals surface area contributed by atoms with Crippen molar-refractivity contribution in [2.24, 2.45) is 0 Å². The van der Waals surface area contributed by atoms with Crippen LogP contribution in [-0.2, 0) is 6.54 Å². The molecule has 6 heteroatoms. The number of hydrogen-bond donors (Lipinski definition) is 0. The molecular formula is C18H21N5O. The Morgan fingerprint density at radius 3 is 2.71 bits per heavy atom. The fourth-order valence-corrected chi connectivity index (χ4v) is 3.64. The molecule has 1 atom stereocenters. The highest BCUT2D eigenvalue weighted by molar-refractivity contribution is 5.33. The molecule has 0 spiro atoms. The summed E-state index contributed by atoms with van der Waals surface area (Å²) in [5.41, 5.74) is 4.62. The molecule has 0 N–H and O–H groups in total. The van der Waals surface area contributed by atoms with Crippen molar-refractivity contribution in [2.75, 3.05) is 6.54 Å². The van der Waals surface area contributed by atoms with Crippen LogP contribution in [0.5, 0.6) is 0 Å². The molecule has 24 heavy (non-hydrogen) atoms. The molecule has 1 saturated heterocycles. The lowest BCUT2D eigenvalue weighted by molar-refractivity contribution is 0.245. The number of aryl methyl sites for hydroxylation is 2. The Morgan fingerprint density at radius 2 is 2.04 bits per heavy atom. The van der Waals surface area contributed by atoms with Crippen LogP contribution in [0.1, 0.15) is 41.5 Å². The minimum absolute atomic E-state index is 0.409. The van der Waals surface area contributed by atoms with Gasteiger partial charge in [-0.1, -0.05) is 17.3 Å². The molecule has 2 aromatic heterocycles. The van der Waals surface area contributed by atoms with E-state index >= 15 is 0 Å². The molecule has 6 nitrogen and oxygen atoms in total. The lowest BCUT2D eigenvalue weighted by atomic mass is 10.0. The van der Waals surface area contributed by atoms with Crippen molar-refractivity contribution in [3.05, 3.63) is 59.5 Å². The average molecular weight is 323 g/mol. The van der Waals surface area contributed by atoms with Crippen molar-refractivity contribution >= 4 is 0 Å². The van der Waals surface area contributed by atoms with Gasteiger partial charge in [0.05, 0.1) is 11.4 Å². The van der Waals surface area contributed by atoms with E-state index in [2.05, 4.69) is 44.4 Å². The van der Waals surface area contributed by atoms with E-state index in [1.807, 2.05) is 13.8 Å². The van der Waals surface area contributed by atoms with Gasteiger partial charge in [0.1, 0.15) is 18.4 Å². The standard InChI is InChI=1S/C18H21N5O/c1-13-18(14(2)24-21-13)17-4-3-9-22(17)10-15-5-7-16(8-6-15)23-12-19-11-20-23/h5-8,11-12,17H,3-4,9-10H2,1-2H3. The molecule has 1 aliphatic heterocycles. The minimum Gasteiger partial charge on any atom is -0.361 e. The summed E-state index contributed by atoms with van der Waals surface area (Å²) in [7, 11) is 0. The SMILES string of the molecule is Cc1noc(C)c1C1CCCN1Cc1ccc(-n2cncn2)cc1. The number of aromatic nitrogens is 4. The fourth-order valence-electron chi connectivity index (χ4n) is 3.64. The molecule has 1 unspecified atom stereocenters. The van der Waals surface area contributed by atoms with Crippen molar-refractivity contribution in [3.8, 4) is 5.69 Å². The summed E-state index contributed by atoms with van der Waals surface area (Å²) in [6, 6.07) is 8.92. The summed E-state index contributed by atoms with van der Waals surface area (Å²) >= 11 is 0. The number of benzene rings is 1. The van der Waals surface area contributed by atoms with Crippen LogP contribution in [0.15, 0.2) is 41.4 Å². The zero-order chi connectivity index (χ0) is 16.5. The van der Waals surface area contributed by atoms with Crippen LogP contribution in [0.2, 0.25) is 0 Å². The van der Waals surface area contributed by atoms with Crippen LogP contribution < -0.4 is 0 Å². The monoisotopic (exact) mass is 323 g/mol. The van der Waals surface area contributed by atoms with Gasteiger partial charge in [0.25, 0.3) is 0 Å². The summed E-state index contributed by atoms with van der Waals surface area (Å²) in [5, 5.41) is 8.29. The molecule has 4 rings (SSSR count). The van der Waals surface area contributed by atoms with Gasteiger partial charge in [-0.05, 0) is 50.9 Å². The van der Waals surface area contributed by atoms with E-state index in [0.29, 0.717) is 6.04 Å². The van der Waals surface area contributed by atoms with Gasteiger partial charge >= 0.3 is 0 Å². The summed E-state index contributed by atoms with van der Waals surface area (Å²) in [4.78, 5) is 6.51. The van der Waals surface area contributed by atoms with Crippen LogP contribution in [0.25, 0.3) is 5.69 Å². The summed E-state index contributed by atoms with van der Waals surface area (Å²) in [6.45, 7) is 6.10.